The lowest BCUT2D eigenvalue weighted by molar-refractivity contribution is 0.153. The van der Waals surface area contributed by atoms with Gasteiger partial charge in [-0.2, -0.15) is 4.31 Å². The zero-order valence-corrected chi connectivity index (χ0v) is 19.3. The number of rotatable bonds is 5. The average molecular weight is 445 g/mol. The van der Waals surface area contributed by atoms with Crippen molar-refractivity contribution in [3.8, 4) is 0 Å². The predicted molar refractivity (Wildman–Crippen MR) is 123 cm³/mol. The summed E-state index contributed by atoms with van der Waals surface area (Å²) in [7, 11) is -3.45. The Kier molecular flexibility index (Phi) is 5.85. The molecule has 3 aromatic rings. The van der Waals surface area contributed by atoms with Crippen LogP contribution in [0.3, 0.4) is 0 Å². The fraction of sp³-hybridized carbons (Fsp3) is 0.409. The van der Waals surface area contributed by atoms with Crippen LogP contribution in [0, 0.1) is 11.7 Å². The van der Waals surface area contributed by atoms with E-state index in [2.05, 4.69) is 40.0 Å². The zero-order valence-electron chi connectivity index (χ0n) is 17.7. The molecule has 0 amide bonds. The van der Waals surface area contributed by atoms with Crippen molar-refractivity contribution in [2.45, 2.75) is 38.4 Å². The van der Waals surface area contributed by atoms with E-state index in [1.807, 2.05) is 31.2 Å². The lowest BCUT2D eigenvalue weighted by Crippen LogP contribution is -2.48. The third-order valence-corrected chi connectivity index (χ3v) is 8.05. The molecule has 2 aromatic carbocycles. The van der Waals surface area contributed by atoms with E-state index in [0.29, 0.717) is 37.7 Å². The molecule has 1 fully saturated rings. The highest BCUT2D eigenvalue weighted by atomic mass is 32.2. The number of hydrogen-bond donors (Lipinski definition) is 0. The topological polar surface area (TPSA) is 50.5 Å². The largest absolute Gasteiger partial charge is 0.314 e. The molecule has 4 rings (SSSR count). The van der Waals surface area contributed by atoms with Gasteiger partial charge in [-0.1, -0.05) is 29.8 Å². The summed E-state index contributed by atoms with van der Waals surface area (Å²) in [6.45, 7) is 9.21. The second-order valence-corrected chi connectivity index (χ2v) is 10.4. The van der Waals surface area contributed by atoms with Gasteiger partial charge < -0.3 is 9.13 Å². The minimum absolute atomic E-state index is 0.278. The lowest BCUT2D eigenvalue weighted by atomic mass is 10.2. The number of benzene rings is 2. The fourth-order valence-electron chi connectivity index (χ4n) is 4.04. The van der Waals surface area contributed by atoms with Crippen molar-refractivity contribution in [3.63, 3.8) is 0 Å². The second kappa shape index (κ2) is 8.26. The van der Waals surface area contributed by atoms with Gasteiger partial charge in [0.05, 0.1) is 22.6 Å². The second-order valence-electron chi connectivity index (χ2n) is 8.14. The number of aryl methyl sites for hydroxylation is 1. The Labute approximate surface area is 183 Å². The third-order valence-electron chi connectivity index (χ3n) is 5.72. The van der Waals surface area contributed by atoms with Gasteiger partial charge in [0.1, 0.15) is 0 Å². The molecule has 0 atom stereocenters. The summed E-state index contributed by atoms with van der Waals surface area (Å²) in [5, 5.41) is 0. The van der Waals surface area contributed by atoms with Crippen molar-refractivity contribution in [2.75, 3.05) is 26.2 Å². The van der Waals surface area contributed by atoms with Crippen LogP contribution < -0.4 is 0 Å². The summed E-state index contributed by atoms with van der Waals surface area (Å²) in [5.74, 6) is 0. The molecule has 160 valence electrons. The fourth-order valence-corrected chi connectivity index (χ4v) is 5.93. The summed E-state index contributed by atoms with van der Waals surface area (Å²) in [6, 6.07) is 15.6. The van der Waals surface area contributed by atoms with Crippen molar-refractivity contribution in [1.29, 1.82) is 0 Å². The first kappa shape index (κ1) is 21.2. The van der Waals surface area contributed by atoms with E-state index in [4.69, 9.17) is 12.2 Å². The van der Waals surface area contributed by atoms with Crippen molar-refractivity contribution in [2.24, 2.45) is 0 Å². The van der Waals surface area contributed by atoms with Crippen LogP contribution in [-0.2, 0) is 16.7 Å². The molecule has 1 aromatic heterocycles. The quantitative estimate of drug-likeness (QED) is 0.558. The Balaban J connectivity index is 1.52. The maximum absolute atomic E-state index is 13.0. The molecule has 1 aliphatic heterocycles. The van der Waals surface area contributed by atoms with E-state index in [-0.39, 0.29) is 6.04 Å². The highest BCUT2D eigenvalue weighted by Gasteiger charge is 2.28. The highest BCUT2D eigenvalue weighted by Crippen LogP contribution is 2.23. The molecule has 8 heteroatoms. The molecule has 0 bridgehead atoms. The van der Waals surface area contributed by atoms with Crippen molar-refractivity contribution in [1.82, 2.24) is 18.3 Å². The molecule has 0 unspecified atom stereocenters. The molecule has 0 N–H and O–H groups in total. The first-order valence-corrected chi connectivity index (χ1v) is 12.1. The first-order chi connectivity index (χ1) is 14.3. The number of hydrogen-bond acceptors (Lipinski definition) is 4. The molecular formula is C22H28N4O2S2. The summed E-state index contributed by atoms with van der Waals surface area (Å²) >= 11 is 5.79. The molecule has 1 aliphatic rings. The molecule has 0 radical (unpaired) electrons. The molecule has 2 heterocycles. The average Bonchev–Trinajstić information content (AvgIpc) is 3.00. The van der Waals surface area contributed by atoms with Gasteiger partial charge in [-0.05, 0) is 57.3 Å². The van der Waals surface area contributed by atoms with Crippen molar-refractivity contribution >= 4 is 33.3 Å². The summed E-state index contributed by atoms with van der Waals surface area (Å²) in [4.78, 5) is 2.64. The van der Waals surface area contributed by atoms with Gasteiger partial charge in [0.15, 0.2) is 4.77 Å². The van der Waals surface area contributed by atoms with Crippen LogP contribution in [0.4, 0.5) is 0 Å². The van der Waals surface area contributed by atoms with Crippen LogP contribution in [-0.4, -0.2) is 52.9 Å². The molecule has 0 saturated carbocycles. The van der Waals surface area contributed by atoms with E-state index >= 15 is 0 Å². The van der Waals surface area contributed by atoms with Gasteiger partial charge in [-0.3, -0.25) is 4.90 Å². The van der Waals surface area contributed by atoms with E-state index in [9.17, 15) is 8.42 Å². The normalized spacial score (nSPS) is 16.5. The molecule has 1 saturated heterocycles. The van der Waals surface area contributed by atoms with Crippen molar-refractivity contribution < 1.29 is 8.42 Å². The monoisotopic (exact) mass is 444 g/mol. The summed E-state index contributed by atoms with van der Waals surface area (Å²) in [5.41, 5.74) is 3.31. The van der Waals surface area contributed by atoms with Gasteiger partial charge in [-0.25, -0.2) is 8.42 Å². The number of aromatic nitrogens is 2. The Bertz CT molecular complexity index is 1200. The van der Waals surface area contributed by atoms with E-state index in [1.54, 1.807) is 16.4 Å². The standard InChI is InChI=1S/C22H28N4O2S2/c1-17(2)26-21-7-5-4-6-20(21)25(22(26)29)16-23-12-14-24(15-13-23)30(27,28)19-10-8-18(3)9-11-19/h4-11,17H,12-16H2,1-3H3. The Morgan fingerprint density at radius 3 is 2.13 bits per heavy atom. The molecule has 30 heavy (non-hydrogen) atoms. The zero-order chi connectivity index (χ0) is 21.5. The van der Waals surface area contributed by atoms with Crippen LogP contribution >= 0.6 is 12.2 Å². The van der Waals surface area contributed by atoms with E-state index in [1.165, 1.54) is 0 Å². The number of fused-ring (bicyclic) bond motifs is 1. The number of sulfonamides is 1. The lowest BCUT2D eigenvalue weighted by Gasteiger charge is -2.34. The molecule has 0 aliphatic carbocycles. The molecule has 0 spiro atoms. The van der Waals surface area contributed by atoms with Gasteiger partial charge in [0.25, 0.3) is 0 Å². The Morgan fingerprint density at radius 2 is 1.53 bits per heavy atom. The number of para-hydroxylation sites is 2. The summed E-state index contributed by atoms with van der Waals surface area (Å²) < 4.78 is 32.6. The predicted octanol–water partition coefficient (Wildman–Crippen LogP) is 4.03. The Morgan fingerprint density at radius 1 is 0.933 bits per heavy atom. The number of piperazine rings is 1. The molecule has 6 nitrogen and oxygen atoms in total. The highest BCUT2D eigenvalue weighted by molar-refractivity contribution is 7.89. The van der Waals surface area contributed by atoms with Crippen LogP contribution in [0.15, 0.2) is 53.4 Å². The first-order valence-electron chi connectivity index (χ1n) is 10.3. The van der Waals surface area contributed by atoms with E-state index < -0.39 is 10.0 Å². The van der Waals surface area contributed by atoms with Gasteiger partial charge in [0.2, 0.25) is 10.0 Å². The van der Waals surface area contributed by atoms with Crippen molar-refractivity contribution in [3.05, 3.63) is 58.9 Å². The third kappa shape index (κ3) is 3.85. The van der Waals surface area contributed by atoms with Crippen LogP contribution in [0.1, 0.15) is 25.5 Å². The minimum Gasteiger partial charge on any atom is -0.314 e. The van der Waals surface area contributed by atoms with Crippen LogP contribution in [0.5, 0.6) is 0 Å². The maximum atomic E-state index is 13.0. The number of nitrogens with zero attached hydrogens (tertiary/aromatic N) is 4. The van der Waals surface area contributed by atoms with Crippen LogP contribution in [0.25, 0.3) is 11.0 Å². The smallest absolute Gasteiger partial charge is 0.243 e. The summed E-state index contributed by atoms with van der Waals surface area (Å²) in [6.07, 6.45) is 0. The van der Waals surface area contributed by atoms with Gasteiger partial charge in [0, 0.05) is 32.2 Å². The van der Waals surface area contributed by atoms with Gasteiger partial charge in [-0.15, -0.1) is 0 Å². The number of imidazole rings is 1. The maximum Gasteiger partial charge on any atom is 0.243 e. The Hall–Kier alpha value is -2.00. The minimum atomic E-state index is -3.45. The SMILES string of the molecule is Cc1ccc(S(=O)(=O)N2CCN(Cn3c(=S)n(C(C)C)c4ccccc43)CC2)cc1. The molecular weight excluding hydrogens is 416 g/mol. The van der Waals surface area contributed by atoms with Gasteiger partial charge >= 0.3 is 0 Å². The van der Waals surface area contributed by atoms with E-state index in [0.717, 1.165) is 21.4 Å². The van der Waals surface area contributed by atoms with Crippen LogP contribution in [0.2, 0.25) is 0 Å².